The Bertz CT molecular complexity index is 730. The van der Waals surface area contributed by atoms with E-state index in [4.69, 9.17) is 4.74 Å². The Kier molecular flexibility index (Phi) is 9.12. The highest BCUT2D eigenvalue weighted by Crippen LogP contribution is 2.17. The first-order chi connectivity index (χ1) is 12.3. The summed E-state index contributed by atoms with van der Waals surface area (Å²) < 4.78 is 28.2. The van der Waals surface area contributed by atoms with Crippen LogP contribution in [-0.4, -0.2) is 46.3 Å². The number of nitrogens with zero attached hydrogens (tertiary/aromatic N) is 1. The first-order valence-corrected chi connectivity index (χ1v) is 10.6. The van der Waals surface area contributed by atoms with E-state index in [0.717, 1.165) is 12.1 Å². The molecular weight excluding hydrogens is 354 g/mol. The number of sulfone groups is 1. The van der Waals surface area contributed by atoms with Gasteiger partial charge < -0.3 is 15.4 Å². The molecule has 26 heavy (non-hydrogen) atoms. The number of guanidine groups is 1. The topological polar surface area (TPSA) is 96.9 Å². The summed E-state index contributed by atoms with van der Waals surface area (Å²) in [6, 6.07) is 5.23. The van der Waals surface area contributed by atoms with Gasteiger partial charge in [0.25, 0.3) is 0 Å². The van der Waals surface area contributed by atoms with E-state index < -0.39 is 9.84 Å². The van der Waals surface area contributed by atoms with Crippen molar-refractivity contribution in [2.24, 2.45) is 4.99 Å². The number of aryl methyl sites for hydroxylation is 1. The lowest BCUT2D eigenvalue weighted by Gasteiger charge is -2.11. The van der Waals surface area contributed by atoms with Gasteiger partial charge in [-0.1, -0.05) is 12.1 Å². The molecule has 0 amide bonds. The van der Waals surface area contributed by atoms with Gasteiger partial charge in [-0.05, 0) is 44.4 Å². The minimum absolute atomic E-state index is 0.197. The monoisotopic (exact) mass is 383 g/mol. The largest absolute Gasteiger partial charge is 0.466 e. The fourth-order valence-electron chi connectivity index (χ4n) is 2.41. The molecule has 0 radical (unpaired) electrons. The Labute approximate surface area is 156 Å². The molecule has 0 aliphatic rings. The van der Waals surface area contributed by atoms with Crippen molar-refractivity contribution < 1.29 is 17.9 Å². The molecule has 0 heterocycles. The molecular formula is C18H29N3O4S. The number of rotatable bonds is 9. The van der Waals surface area contributed by atoms with Crippen molar-refractivity contribution in [2.75, 3.05) is 26.0 Å². The zero-order valence-corrected chi connectivity index (χ0v) is 16.8. The van der Waals surface area contributed by atoms with Crippen LogP contribution in [-0.2, 0) is 25.9 Å². The van der Waals surface area contributed by atoms with Crippen molar-refractivity contribution in [3.05, 3.63) is 29.3 Å². The van der Waals surface area contributed by atoms with Crippen molar-refractivity contribution in [3.8, 4) is 0 Å². The van der Waals surface area contributed by atoms with Gasteiger partial charge in [0.1, 0.15) is 0 Å². The van der Waals surface area contributed by atoms with Gasteiger partial charge in [-0.25, -0.2) is 13.4 Å². The number of hydrogen-bond acceptors (Lipinski definition) is 5. The minimum atomic E-state index is -3.21. The first kappa shape index (κ1) is 22.0. The van der Waals surface area contributed by atoms with Crippen LogP contribution in [0.1, 0.15) is 37.8 Å². The summed E-state index contributed by atoms with van der Waals surface area (Å²) in [5.74, 6) is 0.457. The van der Waals surface area contributed by atoms with Crippen LogP contribution >= 0.6 is 0 Å². The van der Waals surface area contributed by atoms with Gasteiger partial charge in [0, 0.05) is 25.8 Å². The summed E-state index contributed by atoms with van der Waals surface area (Å²) in [6.45, 7) is 7.69. The number of carbonyl (C=O) groups excluding carboxylic acids is 1. The van der Waals surface area contributed by atoms with E-state index in [9.17, 15) is 13.2 Å². The van der Waals surface area contributed by atoms with E-state index in [1.165, 1.54) is 6.26 Å². The molecule has 0 atom stereocenters. The van der Waals surface area contributed by atoms with Crippen LogP contribution in [0.15, 0.2) is 28.1 Å². The fourth-order valence-corrected chi connectivity index (χ4v) is 3.37. The average Bonchev–Trinajstić information content (AvgIpc) is 2.55. The van der Waals surface area contributed by atoms with Gasteiger partial charge in [-0.2, -0.15) is 0 Å². The molecule has 1 aromatic rings. The van der Waals surface area contributed by atoms with E-state index >= 15 is 0 Å². The lowest BCUT2D eigenvalue weighted by atomic mass is 10.1. The maximum Gasteiger partial charge on any atom is 0.305 e. The van der Waals surface area contributed by atoms with Gasteiger partial charge in [0.05, 0.1) is 18.0 Å². The Morgan fingerprint density at radius 1 is 1.23 bits per heavy atom. The number of benzene rings is 1. The van der Waals surface area contributed by atoms with Crippen molar-refractivity contribution in [1.82, 2.24) is 10.6 Å². The third-order valence-electron chi connectivity index (χ3n) is 3.56. The maximum absolute atomic E-state index is 11.7. The molecule has 0 aliphatic carbocycles. The third kappa shape index (κ3) is 7.86. The average molecular weight is 384 g/mol. The summed E-state index contributed by atoms with van der Waals surface area (Å²) in [6.07, 6.45) is 2.23. The van der Waals surface area contributed by atoms with Crippen molar-refractivity contribution in [1.29, 1.82) is 0 Å². The fraction of sp³-hybridized carbons (Fsp3) is 0.556. The molecule has 0 saturated heterocycles. The molecule has 0 saturated carbocycles. The standard InChI is InChI=1S/C18H29N3O4S/c1-5-19-18(20-11-7-8-17(22)25-6-2)21-13-15-9-10-16(14(3)12-15)26(4,23)24/h9-10,12H,5-8,11,13H2,1-4H3,(H2,19,20,21). The summed E-state index contributed by atoms with van der Waals surface area (Å²) in [5.41, 5.74) is 1.64. The second-order valence-electron chi connectivity index (χ2n) is 5.90. The molecule has 7 nitrogen and oxygen atoms in total. The number of esters is 1. The number of hydrogen-bond donors (Lipinski definition) is 2. The molecule has 1 rings (SSSR count). The van der Waals surface area contributed by atoms with E-state index in [0.29, 0.717) is 49.0 Å². The highest BCUT2D eigenvalue weighted by Gasteiger charge is 2.10. The third-order valence-corrected chi connectivity index (χ3v) is 4.82. The first-order valence-electron chi connectivity index (χ1n) is 8.75. The molecule has 8 heteroatoms. The molecule has 2 N–H and O–H groups in total. The van der Waals surface area contributed by atoms with Crippen LogP contribution in [0.4, 0.5) is 0 Å². The second-order valence-corrected chi connectivity index (χ2v) is 7.89. The molecule has 0 unspecified atom stereocenters. The van der Waals surface area contributed by atoms with Gasteiger partial charge >= 0.3 is 5.97 Å². The molecule has 0 aromatic heterocycles. The van der Waals surface area contributed by atoms with Crippen LogP contribution in [0, 0.1) is 6.92 Å². The van der Waals surface area contributed by atoms with Crippen LogP contribution < -0.4 is 10.6 Å². The molecule has 1 aromatic carbocycles. The van der Waals surface area contributed by atoms with E-state index in [2.05, 4.69) is 15.6 Å². The van der Waals surface area contributed by atoms with Crippen molar-refractivity contribution >= 4 is 21.8 Å². The lowest BCUT2D eigenvalue weighted by molar-refractivity contribution is -0.143. The zero-order chi connectivity index (χ0) is 19.6. The summed E-state index contributed by atoms with van der Waals surface area (Å²) in [5, 5.41) is 6.32. The van der Waals surface area contributed by atoms with Crippen LogP contribution in [0.25, 0.3) is 0 Å². The Balaban J connectivity index is 2.63. The van der Waals surface area contributed by atoms with Gasteiger partial charge in [0.2, 0.25) is 0 Å². The SMILES string of the molecule is CCNC(=NCc1ccc(S(C)(=O)=O)c(C)c1)NCCCC(=O)OCC. The van der Waals surface area contributed by atoms with E-state index in [-0.39, 0.29) is 5.97 Å². The van der Waals surface area contributed by atoms with Crippen molar-refractivity contribution in [2.45, 2.75) is 45.1 Å². The van der Waals surface area contributed by atoms with Gasteiger partial charge in [-0.15, -0.1) is 0 Å². The van der Waals surface area contributed by atoms with E-state index in [1.54, 1.807) is 26.0 Å². The molecule has 146 valence electrons. The van der Waals surface area contributed by atoms with E-state index in [1.807, 2.05) is 13.0 Å². The summed E-state index contributed by atoms with van der Waals surface area (Å²) >= 11 is 0. The number of aliphatic imine (C=N–C) groups is 1. The van der Waals surface area contributed by atoms with Gasteiger partial charge in [-0.3, -0.25) is 4.79 Å². The van der Waals surface area contributed by atoms with Gasteiger partial charge in [0.15, 0.2) is 15.8 Å². The number of carbonyl (C=O) groups is 1. The number of nitrogens with one attached hydrogen (secondary N) is 2. The van der Waals surface area contributed by atoms with Crippen LogP contribution in [0.3, 0.4) is 0 Å². The Hall–Kier alpha value is -2.09. The summed E-state index contributed by atoms with van der Waals surface area (Å²) in [7, 11) is -3.21. The van der Waals surface area contributed by atoms with Crippen LogP contribution in [0.5, 0.6) is 0 Å². The molecule has 0 aliphatic heterocycles. The Morgan fingerprint density at radius 3 is 2.54 bits per heavy atom. The predicted octanol–water partition coefficient (Wildman–Crippen LogP) is 1.80. The van der Waals surface area contributed by atoms with Crippen LogP contribution in [0.2, 0.25) is 0 Å². The number of ether oxygens (including phenoxy) is 1. The normalized spacial score (nSPS) is 11.9. The predicted molar refractivity (Wildman–Crippen MR) is 103 cm³/mol. The highest BCUT2D eigenvalue weighted by molar-refractivity contribution is 7.90. The van der Waals surface area contributed by atoms with Crippen molar-refractivity contribution in [3.63, 3.8) is 0 Å². The summed E-state index contributed by atoms with van der Waals surface area (Å²) in [4.78, 5) is 16.2. The second kappa shape index (κ2) is 10.8. The highest BCUT2D eigenvalue weighted by atomic mass is 32.2. The molecule has 0 bridgehead atoms. The Morgan fingerprint density at radius 2 is 1.96 bits per heavy atom. The zero-order valence-electron chi connectivity index (χ0n) is 16.0. The molecule has 0 spiro atoms. The maximum atomic E-state index is 11.7. The minimum Gasteiger partial charge on any atom is -0.466 e. The smallest absolute Gasteiger partial charge is 0.305 e. The molecule has 0 fully saturated rings. The quantitative estimate of drug-likeness (QED) is 0.292. The lowest BCUT2D eigenvalue weighted by Crippen LogP contribution is -2.37.